The maximum absolute atomic E-state index is 12.5. The Labute approximate surface area is 132 Å². The molecule has 1 aliphatic heterocycles. The van der Waals surface area contributed by atoms with E-state index in [-0.39, 0.29) is 17.6 Å². The number of carboxylic acids is 1. The van der Waals surface area contributed by atoms with Gasteiger partial charge in [-0.25, -0.2) is 4.79 Å². The first kappa shape index (κ1) is 16.0. The number of carboxylic acid groups (broad SMARTS) is 1. The van der Waals surface area contributed by atoms with Gasteiger partial charge in [-0.15, -0.1) is 11.8 Å². The number of aromatic hydroxyl groups is 1. The van der Waals surface area contributed by atoms with Gasteiger partial charge in [-0.1, -0.05) is 25.1 Å². The molecule has 3 unspecified atom stereocenters. The van der Waals surface area contributed by atoms with Gasteiger partial charge < -0.3 is 15.1 Å². The van der Waals surface area contributed by atoms with Crippen molar-refractivity contribution in [2.24, 2.45) is 5.92 Å². The number of carbonyl (C=O) groups excluding carboxylic acids is 1. The van der Waals surface area contributed by atoms with E-state index >= 15 is 0 Å². The standard InChI is InChI=1S/C14H17NO4S2/c1-8(6-20)12(17)15-10(14(18)19)7-21-13(15)9-4-2-3-5-11(9)16/h2-5,8,10,13,16,20H,6-7H2,1H3,(H,18,19). The van der Waals surface area contributed by atoms with Gasteiger partial charge in [0.15, 0.2) is 0 Å². The number of rotatable bonds is 4. The third-order valence-corrected chi connectivity index (χ3v) is 5.29. The number of phenols is 1. The molecule has 1 aromatic rings. The first-order valence-corrected chi connectivity index (χ1v) is 8.20. The Hall–Kier alpha value is -1.34. The second kappa shape index (κ2) is 6.62. The van der Waals surface area contributed by atoms with Crippen LogP contribution < -0.4 is 0 Å². The molecule has 0 bridgehead atoms. The lowest BCUT2D eigenvalue weighted by atomic mass is 10.1. The molecule has 114 valence electrons. The van der Waals surface area contributed by atoms with Gasteiger partial charge >= 0.3 is 5.97 Å². The molecule has 3 atom stereocenters. The molecule has 2 rings (SSSR count). The average Bonchev–Trinajstić information content (AvgIpc) is 2.90. The van der Waals surface area contributed by atoms with Crippen molar-refractivity contribution in [3.63, 3.8) is 0 Å². The van der Waals surface area contributed by atoms with E-state index in [1.165, 1.54) is 22.7 Å². The summed E-state index contributed by atoms with van der Waals surface area (Å²) < 4.78 is 0. The highest BCUT2D eigenvalue weighted by molar-refractivity contribution is 7.99. The number of nitrogens with zero attached hydrogens (tertiary/aromatic N) is 1. The van der Waals surface area contributed by atoms with E-state index in [1.807, 2.05) is 0 Å². The minimum Gasteiger partial charge on any atom is -0.508 e. The maximum Gasteiger partial charge on any atom is 0.327 e. The maximum atomic E-state index is 12.5. The normalized spacial score (nSPS) is 23.0. The Kier molecular flexibility index (Phi) is 5.05. The van der Waals surface area contributed by atoms with Crippen molar-refractivity contribution in [1.82, 2.24) is 4.90 Å². The fraction of sp³-hybridized carbons (Fsp3) is 0.429. The summed E-state index contributed by atoms with van der Waals surface area (Å²) in [5.41, 5.74) is 0.561. The van der Waals surface area contributed by atoms with Crippen molar-refractivity contribution in [3.8, 4) is 5.75 Å². The topological polar surface area (TPSA) is 77.8 Å². The molecular formula is C14H17NO4S2. The van der Waals surface area contributed by atoms with E-state index in [0.717, 1.165) is 0 Å². The highest BCUT2D eigenvalue weighted by Crippen LogP contribution is 2.44. The summed E-state index contributed by atoms with van der Waals surface area (Å²) in [6.07, 6.45) is 0. The van der Waals surface area contributed by atoms with Crippen LogP contribution in [0.1, 0.15) is 17.9 Å². The van der Waals surface area contributed by atoms with Gasteiger partial charge in [-0.2, -0.15) is 12.6 Å². The van der Waals surface area contributed by atoms with Crippen molar-refractivity contribution in [2.75, 3.05) is 11.5 Å². The van der Waals surface area contributed by atoms with Gasteiger partial charge in [0.05, 0.1) is 0 Å². The van der Waals surface area contributed by atoms with E-state index in [2.05, 4.69) is 12.6 Å². The summed E-state index contributed by atoms with van der Waals surface area (Å²) in [5, 5.41) is 18.8. The minimum absolute atomic E-state index is 0.0670. The number of aliphatic carboxylic acids is 1. The first-order chi connectivity index (χ1) is 9.97. The quantitative estimate of drug-likeness (QED) is 0.737. The molecule has 7 heteroatoms. The van der Waals surface area contributed by atoms with Crippen LogP contribution in [0.2, 0.25) is 0 Å². The smallest absolute Gasteiger partial charge is 0.327 e. The number of thioether (sulfide) groups is 1. The van der Waals surface area contributed by atoms with Crippen LogP contribution in [0, 0.1) is 5.92 Å². The summed E-state index contributed by atoms with van der Waals surface area (Å²) in [5.74, 6) is -0.936. The number of thiol groups is 1. The minimum atomic E-state index is -1.03. The van der Waals surface area contributed by atoms with Crippen molar-refractivity contribution in [2.45, 2.75) is 18.3 Å². The molecule has 2 N–H and O–H groups in total. The molecule has 0 aromatic heterocycles. The van der Waals surface area contributed by atoms with Crippen molar-refractivity contribution in [3.05, 3.63) is 29.8 Å². The van der Waals surface area contributed by atoms with Crippen LogP contribution in [0.3, 0.4) is 0 Å². The Morgan fingerprint density at radius 2 is 2.14 bits per heavy atom. The molecule has 1 fully saturated rings. The molecule has 21 heavy (non-hydrogen) atoms. The van der Waals surface area contributed by atoms with Gasteiger partial charge in [-0.05, 0) is 6.07 Å². The average molecular weight is 327 g/mol. The predicted octanol–water partition coefficient (Wildman–Crippen LogP) is 1.99. The van der Waals surface area contributed by atoms with Crippen LogP contribution in [0.4, 0.5) is 0 Å². The third kappa shape index (κ3) is 3.13. The monoisotopic (exact) mass is 327 g/mol. The highest BCUT2D eigenvalue weighted by atomic mass is 32.2. The van der Waals surface area contributed by atoms with E-state index in [0.29, 0.717) is 17.1 Å². The molecule has 0 spiro atoms. The summed E-state index contributed by atoms with van der Waals surface area (Å²) in [7, 11) is 0. The number of hydrogen-bond acceptors (Lipinski definition) is 5. The van der Waals surface area contributed by atoms with Crippen LogP contribution in [-0.4, -0.2) is 44.5 Å². The molecule has 1 amide bonds. The molecular weight excluding hydrogens is 310 g/mol. The molecule has 5 nitrogen and oxygen atoms in total. The highest BCUT2D eigenvalue weighted by Gasteiger charge is 2.44. The van der Waals surface area contributed by atoms with E-state index in [1.54, 1.807) is 25.1 Å². The van der Waals surface area contributed by atoms with Crippen LogP contribution in [0.25, 0.3) is 0 Å². The van der Waals surface area contributed by atoms with Crippen LogP contribution in [0.15, 0.2) is 24.3 Å². The number of phenolic OH excluding ortho intramolecular Hbond substituents is 1. The Balaban J connectivity index is 2.38. The summed E-state index contributed by atoms with van der Waals surface area (Å²) in [6, 6.07) is 5.82. The zero-order valence-electron chi connectivity index (χ0n) is 11.5. The van der Waals surface area contributed by atoms with Gasteiger partial charge in [0, 0.05) is 23.0 Å². The number of carbonyl (C=O) groups is 2. The van der Waals surface area contributed by atoms with E-state index in [9.17, 15) is 19.8 Å². The Morgan fingerprint density at radius 3 is 2.71 bits per heavy atom. The van der Waals surface area contributed by atoms with Gasteiger partial charge in [0.2, 0.25) is 5.91 Å². The molecule has 1 heterocycles. The lowest BCUT2D eigenvalue weighted by Gasteiger charge is -2.30. The van der Waals surface area contributed by atoms with Crippen LogP contribution in [-0.2, 0) is 9.59 Å². The SMILES string of the molecule is CC(CS)C(=O)N1C(C(=O)O)CSC1c1ccccc1O. The molecule has 0 radical (unpaired) electrons. The number of hydrogen-bond donors (Lipinski definition) is 3. The number of para-hydroxylation sites is 1. The van der Waals surface area contributed by atoms with Gasteiger partial charge in [-0.3, -0.25) is 4.79 Å². The summed E-state index contributed by atoms with van der Waals surface area (Å²) in [4.78, 5) is 25.3. The molecule has 0 saturated carbocycles. The Bertz CT molecular complexity index is 552. The second-order valence-electron chi connectivity index (χ2n) is 4.93. The number of amides is 1. The van der Waals surface area contributed by atoms with Gasteiger partial charge in [0.25, 0.3) is 0 Å². The van der Waals surface area contributed by atoms with Crippen molar-refractivity contribution in [1.29, 1.82) is 0 Å². The zero-order valence-corrected chi connectivity index (χ0v) is 13.2. The number of benzene rings is 1. The second-order valence-corrected chi connectivity index (χ2v) is 6.41. The molecule has 1 aliphatic rings. The predicted molar refractivity (Wildman–Crippen MR) is 84.6 cm³/mol. The van der Waals surface area contributed by atoms with E-state index in [4.69, 9.17) is 0 Å². The lowest BCUT2D eigenvalue weighted by molar-refractivity contribution is -0.150. The van der Waals surface area contributed by atoms with E-state index < -0.39 is 17.4 Å². The largest absolute Gasteiger partial charge is 0.508 e. The molecule has 1 aromatic carbocycles. The first-order valence-electron chi connectivity index (χ1n) is 6.52. The lowest BCUT2D eigenvalue weighted by Crippen LogP contribution is -2.45. The molecule has 1 saturated heterocycles. The Morgan fingerprint density at radius 1 is 1.48 bits per heavy atom. The van der Waals surface area contributed by atoms with Crippen LogP contribution >= 0.6 is 24.4 Å². The molecule has 0 aliphatic carbocycles. The van der Waals surface area contributed by atoms with Crippen molar-refractivity contribution < 1.29 is 19.8 Å². The fourth-order valence-corrected chi connectivity index (χ4v) is 3.85. The summed E-state index contributed by atoms with van der Waals surface area (Å²) in [6.45, 7) is 1.72. The zero-order chi connectivity index (χ0) is 15.6. The third-order valence-electron chi connectivity index (χ3n) is 3.44. The van der Waals surface area contributed by atoms with Gasteiger partial charge in [0.1, 0.15) is 17.2 Å². The fourth-order valence-electron chi connectivity index (χ4n) is 2.23. The summed E-state index contributed by atoms with van der Waals surface area (Å²) >= 11 is 5.46. The van der Waals surface area contributed by atoms with Crippen LogP contribution in [0.5, 0.6) is 5.75 Å². The van der Waals surface area contributed by atoms with Crippen molar-refractivity contribution >= 4 is 36.3 Å².